The van der Waals surface area contributed by atoms with Gasteiger partial charge in [0.25, 0.3) is 0 Å². The summed E-state index contributed by atoms with van der Waals surface area (Å²) >= 11 is 0. The van der Waals surface area contributed by atoms with Crippen LogP contribution in [0.1, 0.15) is 30.9 Å². The minimum atomic E-state index is 0.511. The number of para-hydroxylation sites is 1. The third kappa shape index (κ3) is 2.49. The van der Waals surface area contributed by atoms with Gasteiger partial charge in [-0.3, -0.25) is 0 Å². The van der Waals surface area contributed by atoms with E-state index < -0.39 is 0 Å². The number of anilines is 1. The lowest BCUT2D eigenvalue weighted by molar-refractivity contribution is 0.435. The highest BCUT2D eigenvalue weighted by Gasteiger charge is 2.23. The Labute approximate surface area is 109 Å². The molecule has 3 nitrogen and oxygen atoms in total. The SMILES string of the molecule is CCN(c1c(C)cccc1C#N)C1CCCNC1. The first kappa shape index (κ1) is 12.9. The molecule has 0 amide bonds. The molecule has 1 saturated heterocycles. The maximum Gasteiger partial charge on any atom is 0.101 e. The highest BCUT2D eigenvalue weighted by Crippen LogP contribution is 2.28. The maximum atomic E-state index is 9.29. The first-order valence-corrected chi connectivity index (χ1v) is 6.75. The Balaban J connectivity index is 2.35. The van der Waals surface area contributed by atoms with Crippen molar-refractivity contribution in [2.45, 2.75) is 32.7 Å². The Morgan fingerprint density at radius 3 is 2.94 bits per heavy atom. The van der Waals surface area contributed by atoms with Crippen molar-refractivity contribution in [1.82, 2.24) is 5.32 Å². The largest absolute Gasteiger partial charge is 0.366 e. The Kier molecular flexibility index (Phi) is 4.22. The fourth-order valence-corrected chi connectivity index (χ4v) is 2.83. The highest BCUT2D eigenvalue weighted by atomic mass is 15.2. The number of likely N-dealkylation sites (N-methyl/N-ethyl adjacent to an activating group) is 1. The van der Waals surface area contributed by atoms with Crippen LogP contribution in [0.5, 0.6) is 0 Å². The van der Waals surface area contributed by atoms with Crippen molar-refractivity contribution in [1.29, 1.82) is 5.26 Å². The molecule has 2 rings (SSSR count). The second kappa shape index (κ2) is 5.88. The van der Waals surface area contributed by atoms with Crippen LogP contribution in [0.25, 0.3) is 0 Å². The highest BCUT2D eigenvalue weighted by molar-refractivity contribution is 5.64. The summed E-state index contributed by atoms with van der Waals surface area (Å²) in [6.07, 6.45) is 2.43. The molecule has 1 aliphatic heterocycles. The molecule has 1 aliphatic rings. The summed E-state index contributed by atoms with van der Waals surface area (Å²) < 4.78 is 0. The number of benzene rings is 1. The fourth-order valence-electron chi connectivity index (χ4n) is 2.83. The number of aryl methyl sites for hydroxylation is 1. The molecule has 1 atom stereocenters. The fraction of sp³-hybridized carbons (Fsp3) is 0.533. The number of nitrogens with one attached hydrogen (secondary N) is 1. The molecule has 18 heavy (non-hydrogen) atoms. The second-order valence-electron chi connectivity index (χ2n) is 4.87. The van der Waals surface area contributed by atoms with Crippen molar-refractivity contribution in [3.05, 3.63) is 29.3 Å². The van der Waals surface area contributed by atoms with Crippen molar-refractivity contribution in [2.24, 2.45) is 0 Å². The van der Waals surface area contributed by atoms with Crippen molar-refractivity contribution < 1.29 is 0 Å². The van der Waals surface area contributed by atoms with Gasteiger partial charge in [-0.05, 0) is 44.9 Å². The van der Waals surface area contributed by atoms with Crippen LogP contribution in [0.4, 0.5) is 5.69 Å². The lowest BCUT2D eigenvalue weighted by Gasteiger charge is -2.37. The minimum Gasteiger partial charge on any atom is -0.366 e. The van der Waals surface area contributed by atoms with Gasteiger partial charge in [0.2, 0.25) is 0 Å². The van der Waals surface area contributed by atoms with Gasteiger partial charge in [-0.15, -0.1) is 0 Å². The Morgan fingerprint density at radius 2 is 2.33 bits per heavy atom. The van der Waals surface area contributed by atoms with Crippen LogP contribution in [-0.2, 0) is 0 Å². The van der Waals surface area contributed by atoms with E-state index in [4.69, 9.17) is 0 Å². The number of nitriles is 1. The summed E-state index contributed by atoms with van der Waals surface area (Å²) in [7, 11) is 0. The molecule has 1 heterocycles. The van der Waals surface area contributed by atoms with Crippen molar-refractivity contribution in [3.8, 4) is 6.07 Å². The van der Waals surface area contributed by atoms with Crippen LogP contribution in [0.3, 0.4) is 0 Å². The van der Waals surface area contributed by atoms with Gasteiger partial charge >= 0.3 is 0 Å². The van der Waals surface area contributed by atoms with E-state index in [0.717, 1.165) is 30.9 Å². The smallest absolute Gasteiger partial charge is 0.101 e. The quantitative estimate of drug-likeness (QED) is 0.886. The molecule has 1 aromatic rings. The van der Waals surface area contributed by atoms with E-state index in [2.05, 4.69) is 36.2 Å². The summed E-state index contributed by atoms with van der Waals surface area (Å²) in [5, 5.41) is 12.7. The summed E-state index contributed by atoms with van der Waals surface area (Å²) in [5.41, 5.74) is 3.11. The second-order valence-corrected chi connectivity index (χ2v) is 4.87. The predicted octanol–water partition coefficient (Wildman–Crippen LogP) is 2.45. The number of hydrogen-bond acceptors (Lipinski definition) is 3. The van der Waals surface area contributed by atoms with Crippen LogP contribution >= 0.6 is 0 Å². The van der Waals surface area contributed by atoms with Crippen LogP contribution in [0, 0.1) is 18.3 Å². The average molecular weight is 243 g/mol. The molecule has 3 heteroatoms. The van der Waals surface area contributed by atoms with E-state index in [0.29, 0.717) is 6.04 Å². The summed E-state index contributed by atoms with van der Waals surface area (Å²) in [6.45, 7) is 7.35. The van der Waals surface area contributed by atoms with E-state index in [1.165, 1.54) is 18.4 Å². The zero-order chi connectivity index (χ0) is 13.0. The van der Waals surface area contributed by atoms with Crippen LogP contribution < -0.4 is 10.2 Å². The van der Waals surface area contributed by atoms with Gasteiger partial charge in [0.1, 0.15) is 6.07 Å². The number of piperidine rings is 1. The average Bonchev–Trinajstić information content (AvgIpc) is 2.42. The van der Waals surface area contributed by atoms with Crippen molar-refractivity contribution in [2.75, 3.05) is 24.5 Å². The molecular formula is C15H21N3. The van der Waals surface area contributed by atoms with Crippen molar-refractivity contribution in [3.63, 3.8) is 0 Å². The van der Waals surface area contributed by atoms with Crippen molar-refractivity contribution >= 4 is 5.69 Å². The van der Waals surface area contributed by atoms with Gasteiger partial charge < -0.3 is 10.2 Å². The molecule has 0 radical (unpaired) electrons. The van der Waals surface area contributed by atoms with E-state index >= 15 is 0 Å². The van der Waals surface area contributed by atoms with Gasteiger partial charge in [0, 0.05) is 19.1 Å². The molecule has 1 fully saturated rings. The van der Waals surface area contributed by atoms with Gasteiger partial charge in [-0.1, -0.05) is 12.1 Å². The normalized spacial score (nSPS) is 19.3. The predicted molar refractivity (Wildman–Crippen MR) is 74.8 cm³/mol. The van der Waals surface area contributed by atoms with E-state index in [-0.39, 0.29) is 0 Å². The molecule has 0 spiro atoms. The van der Waals surface area contributed by atoms with Crippen LogP contribution in [0.15, 0.2) is 18.2 Å². The molecule has 0 saturated carbocycles. The zero-order valence-electron chi connectivity index (χ0n) is 11.2. The summed E-state index contributed by atoms with van der Waals surface area (Å²) in [6, 6.07) is 8.81. The number of rotatable bonds is 3. The molecule has 0 aromatic heterocycles. The van der Waals surface area contributed by atoms with E-state index in [1.54, 1.807) is 0 Å². The standard InChI is InChI=1S/C15H21N3/c1-3-18(14-8-5-9-17-11-14)15-12(2)6-4-7-13(15)10-16/h4,6-7,14,17H,3,5,8-9,11H2,1-2H3. The first-order valence-electron chi connectivity index (χ1n) is 6.75. The zero-order valence-corrected chi connectivity index (χ0v) is 11.2. The topological polar surface area (TPSA) is 39.1 Å². The van der Waals surface area contributed by atoms with Crippen LogP contribution in [-0.4, -0.2) is 25.7 Å². The summed E-state index contributed by atoms with van der Waals surface area (Å²) in [5.74, 6) is 0. The van der Waals surface area contributed by atoms with Gasteiger partial charge in [-0.25, -0.2) is 0 Å². The molecule has 1 aromatic carbocycles. The Bertz CT molecular complexity index is 442. The molecule has 96 valence electrons. The number of nitrogens with zero attached hydrogens (tertiary/aromatic N) is 2. The monoisotopic (exact) mass is 243 g/mol. The van der Waals surface area contributed by atoms with Gasteiger partial charge in [0.15, 0.2) is 0 Å². The first-order chi connectivity index (χ1) is 8.77. The molecule has 1 N–H and O–H groups in total. The summed E-state index contributed by atoms with van der Waals surface area (Å²) in [4.78, 5) is 2.39. The lowest BCUT2D eigenvalue weighted by Crippen LogP contribution is -2.46. The Hall–Kier alpha value is -1.53. The maximum absolute atomic E-state index is 9.29. The lowest BCUT2D eigenvalue weighted by atomic mass is 10.0. The van der Waals surface area contributed by atoms with Gasteiger partial charge in [0.05, 0.1) is 11.3 Å². The Morgan fingerprint density at radius 1 is 1.50 bits per heavy atom. The molecule has 0 aliphatic carbocycles. The van der Waals surface area contributed by atoms with E-state index in [1.807, 2.05) is 12.1 Å². The van der Waals surface area contributed by atoms with Gasteiger partial charge in [-0.2, -0.15) is 5.26 Å². The third-order valence-electron chi connectivity index (χ3n) is 3.70. The molecule has 1 unspecified atom stereocenters. The minimum absolute atomic E-state index is 0.511. The van der Waals surface area contributed by atoms with E-state index in [9.17, 15) is 5.26 Å². The molecule has 0 bridgehead atoms. The number of hydrogen-bond donors (Lipinski definition) is 1. The van der Waals surface area contributed by atoms with Crippen LogP contribution in [0.2, 0.25) is 0 Å². The third-order valence-corrected chi connectivity index (χ3v) is 3.70. The molecular weight excluding hydrogens is 222 g/mol.